The molecule has 2 heterocycles. The number of benzene rings is 2. The minimum absolute atomic E-state index is 0.143. The van der Waals surface area contributed by atoms with Crippen molar-refractivity contribution >= 4 is 17.8 Å². The van der Waals surface area contributed by atoms with Crippen LogP contribution in [0.2, 0.25) is 0 Å². The molecule has 0 saturated carbocycles. The summed E-state index contributed by atoms with van der Waals surface area (Å²) >= 11 is 0. The maximum atomic E-state index is 13.6. The van der Waals surface area contributed by atoms with Crippen molar-refractivity contribution in [2.45, 2.75) is 24.9 Å². The average molecular weight is 487 g/mol. The first-order valence-corrected chi connectivity index (χ1v) is 11.2. The molecule has 2 aromatic rings. The molecule has 2 aliphatic heterocycles. The zero-order valence-electron chi connectivity index (χ0n) is 18.8. The minimum atomic E-state index is -1.07. The second-order valence-corrected chi connectivity index (χ2v) is 8.36. The van der Waals surface area contributed by atoms with Crippen LogP contribution in [0.15, 0.2) is 36.4 Å². The molecule has 0 radical (unpaired) electrons. The third-order valence-corrected chi connectivity index (χ3v) is 6.17. The number of carbonyl (C=O) groups excluding carboxylic acids is 2. The highest BCUT2D eigenvalue weighted by Gasteiger charge is 2.39. The highest BCUT2D eigenvalue weighted by molar-refractivity contribution is 5.92. The summed E-state index contributed by atoms with van der Waals surface area (Å²) in [7, 11) is 0. The van der Waals surface area contributed by atoms with E-state index in [9.17, 15) is 28.0 Å². The van der Waals surface area contributed by atoms with E-state index in [0.29, 0.717) is 30.9 Å². The Labute approximate surface area is 200 Å². The standard InChI is InChI=1S/C24H24F3N5O3/c25-17-2-4-21(16(11-17)13-28)31-9-5-18(6-10-31)29-7-8-30-23(33)32-22(14-35-24(32)34)15-1-3-19(26)20(27)12-15/h1-4,11-12,18,22,29H,5-10,14H2,(H,30,33)/t22-/m1/s1. The summed E-state index contributed by atoms with van der Waals surface area (Å²) in [5.41, 5.74) is 1.28. The number of rotatable bonds is 6. The summed E-state index contributed by atoms with van der Waals surface area (Å²) in [6.45, 7) is 1.94. The van der Waals surface area contributed by atoms with Crippen LogP contribution in [0.1, 0.15) is 30.0 Å². The minimum Gasteiger partial charge on any atom is -0.446 e. The fraction of sp³-hybridized carbons (Fsp3) is 0.375. The van der Waals surface area contributed by atoms with Crippen LogP contribution in [0.5, 0.6) is 0 Å². The number of cyclic esters (lactones) is 1. The number of carbonyl (C=O) groups is 2. The van der Waals surface area contributed by atoms with Crippen molar-refractivity contribution in [1.29, 1.82) is 5.26 Å². The summed E-state index contributed by atoms with van der Waals surface area (Å²) in [5.74, 6) is -2.53. The van der Waals surface area contributed by atoms with E-state index < -0.39 is 35.6 Å². The van der Waals surface area contributed by atoms with Crippen LogP contribution in [0.25, 0.3) is 0 Å². The van der Waals surface area contributed by atoms with Crippen LogP contribution < -0.4 is 15.5 Å². The Balaban J connectivity index is 1.23. The van der Waals surface area contributed by atoms with Gasteiger partial charge in [0.15, 0.2) is 11.6 Å². The van der Waals surface area contributed by atoms with E-state index >= 15 is 0 Å². The molecule has 35 heavy (non-hydrogen) atoms. The molecule has 8 nitrogen and oxygen atoms in total. The first kappa shape index (κ1) is 24.3. The molecule has 2 saturated heterocycles. The van der Waals surface area contributed by atoms with Crippen molar-refractivity contribution in [3.8, 4) is 6.07 Å². The van der Waals surface area contributed by atoms with Crippen molar-refractivity contribution in [1.82, 2.24) is 15.5 Å². The van der Waals surface area contributed by atoms with Gasteiger partial charge in [0, 0.05) is 32.2 Å². The average Bonchev–Trinajstić information content (AvgIpc) is 3.25. The van der Waals surface area contributed by atoms with Gasteiger partial charge < -0.3 is 20.3 Å². The van der Waals surface area contributed by atoms with E-state index in [0.717, 1.165) is 29.9 Å². The van der Waals surface area contributed by atoms with E-state index in [4.69, 9.17) is 4.74 Å². The largest absolute Gasteiger partial charge is 0.446 e. The van der Waals surface area contributed by atoms with E-state index in [1.54, 1.807) is 6.07 Å². The molecular formula is C24H24F3N5O3. The first-order chi connectivity index (χ1) is 16.9. The van der Waals surface area contributed by atoms with Gasteiger partial charge in [0.25, 0.3) is 0 Å². The fourth-order valence-corrected chi connectivity index (χ4v) is 4.34. The number of amides is 3. The molecule has 2 aliphatic rings. The molecule has 3 amide bonds. The molecule has 11 heteroatoms. The third-order valence-electron chi connectivity index (χ3n) is 6.17. The van der Waals surface area contributed by atoms with Gasteiger partial charge in [-0.25, -0.2) is 27.7 Å². The maximum absolute atomic E-state index is 13.6. The lowest BCUT2D eigenvalue weighted by Gasteiger charge is -2.34. The molecular weight excluding hydrogens is 463 g/mol. The molecule has 0 spiro atoms. The molecule has 0 aromatic heterocycles. The Morgan fingerprint density at radius 3 is 2.57 bits per heavy atom. The zero-order chi connectivity index (χ0) is 24.9. The van der Waals surface area contributed by atoms with Gasteiger partial charge in [0.05, 0.1) is 11.3 Å². The number of anilines is 1. The number of halogens is 3. The molecule has 4 rings (SSSR count). The summed E-state index contributed by atoms with van der Waals surface area (Å²) in [4.78, 5) is 27.6. The van der Waals surface area contributed by atoms with E-state index in [2.05, 4.69) is 15.5 Å². The van der Waals surface area contributed by atoms with Crippen molar-refractivity contribution in [2.24, 2.45) is 0 Å². The number of hydrogen-bond donors (Lipinski definition) is 2. The molecule has 0 aliphatic carbocycles. The van der Waals surface area contributed by atoms with E-state index in [-0.39, 0.29) is 24.8 Å². The predicted octanol–water partition coefficient (Wildman–Crippen LogP) is 3.44. The summed E-state index contributed by atoms with van der Waals surface area (Å²) in [6, 6.07) is 8.09. The van der Waals surface area contributed by atoms with Crippen LogP contribution in [-0.2, 0) is 4.74 Å². The van der Waals surface area contributed by atoms with Crippen molar-refractivity contribution in [3.63, 3.8) is 0 Å². The summed E-state index contributed by atoms with van der Waals surface area (Å²) in [5, 5.41) is 15.3. The van der Waals surface area contributed by atoms with Crippen LogP contribution in [-0.4, -0.2) is 55.9 Å². The first-order valence-electron chi connectivity index (χ1n) is 11.2. The Kier molecular flexibility index (Phi) is 7.41. The van der Waals surface area contributed by atoms with Crippen molar-refractivity contribution in [3.05, 3.63) is 65.0 Å². The lowest BCUT2D eigenvalue weighted by Crippen LogP contribution is -2.47. The van der Waals surface area contributed by atoms with Crippen LogP contribution >= 0.6 is 0 Å². The van der Waals surface area contributed by atoms with Crippen molar-refractivity contribution < 1.29 is 27.5 Å². The fourth-order valence-electron chi connectivity index (χ4n) is 4.34. The van der Waals surface area contributed by atoms with Crippen LogP contribution in [0, 0.1) is 28.8 Å². The van der Waals surface area contributed by atoms with Gasteiger partial charge in [0.1, 0.15) is 24.5 Å². The van der Waals surface area contributed by atoms with Gasteiger partial charge in [-0.15, -0.1) is 0 Å². The second kappa shape index (κ2) is 10.7. The summed E-state index contributed by atoms with van der Waals surface area (Å²) < 4.78 is 45.2. The number of imide groups is 1. The monoisotopic (exact) mass is 487 g/mol. The lowest BCUT2D eigenvalue weighted by atomic mass is 10.0. The van der Waals surface area contributed by atoms with Gasteiger partial charge in [-0.2, -0.15) is 5.26 Å². The number of nitrogens with one attached hydrogen (secondary N) is 2. The number of piperidine rings is 1. The van der Waals surface area contributed by atoms with Gasteiger partial charge >= 0.3 is 12.1 Å². The molecule has 184 valence electrons. The van der Waals surface area contributed by atoms with Gasteiger partial charge in [-0.1, -0.05) is 6.07 Å². The SMILES string of the molecule is N#Cc1cc(F)ccc1N1CCC(NCCNC(=O)N2C(=O)OC[C@@H]2c2ccc(F)c(F)c2)CC1. The summed E-state index contributed by atoms with van der Waals surface area (Å²) in [6.07, 6.45) is 0.745. The molecule has 2 fully saturated rings. The third kappa shape index (κ3) is 5.49. The maximum Gasteiger partial charge on any atom is 0.418 e. The highest BCUT2D eigenvalue weighted by atomic mass is 19.2. The molecule has 2 aromatic carbocycles. The number of nitriles is 1. The van der Waals surface area contributed by atoms with E-state index in [1.807, 2.05) is 6.07 Å². The molecule has 0 unspecified atom stereocenters. The van der Waals surface area contributed by atoms with Gasteiger partial charge in [-0.3, -0.25) is 0 Å². The molecule has 0 bridgehead atoms. The Morgan fingerprint density at radius 1 is 1.09 bits per heavy atom. The van der Waals surface area contributed by atoms with Crippen molar-refractivity contribution in [2.75, 3.05) is 37.7 Å². The molecule has 2 N–H and O–H groups in total. The van der Waals surface area contributed by atoms with Gasteiger partial charge in [-0.05, 0) is 48.7 Å². The Bertz CT molecular complexity index is 1150. The molecule has 1 atom stereocenters. The zero-order valence-corrected chi connectivity index (χ0v) is 18.8. The second-order valence-electron chi connectivity index (χ2n) is 8.36. The Hall–Kier alpha value is -3.78. The number of hydrogen-bond acceptors (Lipinski definition) is 6. The topological polar surface area (TPSA) is 97.7 Å². The normalized spacial score (nSPS) is 18.3. The Morgan fingerprint density at radius 2 is 1.86 bits per heavy atom. The number of nitrogens with zero attached hydrogens (tertiary/aromatic N) is 3. The van der Waals surface area contributed by atoms with Crippen LogP contribution in [0.4, 0.5) is 28.4 Å². The predicted molar refractivity (Wildman–Crippen MR) is 120 cm³/mol. The number of ether oxygens (including phenoxy) is 1. The quantitative estimate of drug-likeness (QED) is 0.606. The lowest BCUT2D eigenvalue weighted by molar-refractivity contribution is 0.158. The smallest absolute Gasteiger partial charge is 0.418 e. The highest BCUT2D eigenvalue weighted by Crippen LogP contribution is 2.29. The van der Waals surface area contributed by atoms with Gasteiger partial charge in [0.2, 0.25) is 0 Å². The van der Waals surface area contributed by atoms with Crippen LogP contribution in [0.3, 0.4) is 0 Å². The number of urea groups is 1. The van der Waals surface area contributed by atoms with E-state index in [1.165, 1.54) is 18.2 Å².